The second-order valence-corrected chi connectivity index (χ2v) is 5.13. The molecular weight excluding hydrogens is 204 g/mol. The Labute approximate surface area is 97.9 Å². The highest BCUT2D eigenvalue weighted by Crippen LogP contribution is 2.39. The lowest BCUT2D eigenvalue weighted by molar-refractivity contribution is -0.156. The van der Waals surface area contributed by atoms with Gasteiger partial charge < -0.3 is 10.2 Å². The second-order valence-electron chi connectivity index (χ2n) is 5.13. The van der Waals surface area contributed by atoms with E-state index >= 15 is 0 Å². The Hall–Kier alpha value is -0.570. The first-order valence-corrected chi connectivity index (χ1v) is 6.48. The standard InChI is InChI=1S/C13H24O3/c1-3-5-10-6-8-13(16,9-7-10)11(4-2)12(14)15/h10-11,16H,3-9H2,1-2H3,(H,14,15). The van der Waals surface area contributed by atoms with E-state index < -0.39 is 17.5 Å². The summed E-state index contributed by atoms with van der Waals surface area (Å²) in [7, 11) is 0. The lowest BCUT2D eigenvalue weighted by atomic mass is 9.70. The number of aliphatic hydroxyl groups is 1. The summed E-state index contributed by atoms with van der Waals surface area (Å²) in [6, 6.07) is 0. The number of hydrogen-bond acceptors (Lipinski definition) is 2. The summed E-state index contributed by atoms with van der Waals surface area (Å²) in [6.07, 6.45) is 6.18. The fraction of sp³-hybridized carbons (Fsp3) is 0.923. The summed E-state index contributed by atoms with van der Waals surface area (Å²) in [5.41, 5.74) is -0.954. The Morgan fingerprint density at radius 1 is 1.38 bits per heavy atom. The van der Waals surface area contributed by atoms with Gasteiger partial charge in [0.15, 0.2) is 0 Å². The van der Waals surface area contributed by atoms with E-state index in [1.807, 2.05) is 6.92 Å². The van der Waals surface area contributed by atoms with Crippen molar-refractivity contribution in [2.45, 2.75) is 64.4 Å². The van der Waals surface area contributed by atoms with Gasteiger partial charge in [0.1, 0.15) is 0 Å². The van der Waals surface area contributed by atoms with Crippen LogP contribution in [0.4, 0.5) is 0 Å². The molecule has 3 heteroatoms. The molecule has 1 aliphatic carbocycles. The summed E-state index contributed by atoms with van der Waals surface area (Å²) in [4.78, 5) is 11.1. The van der Waals surface area contributed by atoms with Gasteiger partial charge in [-0.2, -0.15) is 0 Å². The van der Waals surface area contributed by atoms with Gasteiger partial charge in [0, 0.05) is 0 Å². The lowest BCUT2D eigenvalue weighted by Crippen LogP contribution is -2.45. The number of rotatable bonds is 5. The van der Waals surface area contributed by atoms with E-state index in [0.717, 1.165) is 12.8 Å². The first kappa shape index (κ1) is 13.5. The molecule has 16 heavy (non-hydrogen) atoms. The molecule has 0 amide bonds. The summed E-state index contributed by atoms with van der Waals surface area (Å²) in [6.45, 7) is 4.02. The lowest BCUT2D eigenvalue weighted by Gasteiger charge is -2.39. The van der Waals surface area contributed by atoms with E-state index in [9.17, 15) is 9.90 Å². The molecule has 0 aromatic carbocycles. The van der Waals surface area contributed by atoms with E-state index in [4.69, 9.17) is 5.11 Å². The minimum absolute atomic E-state index is 0.518. The zero-order valence-electron chi connectivity index (χ0n) is 10.4. The molecular formula is C13H24O3. The van der Waals surface area contributed by atoms with Gasteiger partial charge in [-0.15, -0.1) is 0 Å². The van der Waals surface area contributed by atoms with E-state index in [1.54, 1.807) is 0 Å². The monoisotopic (exact) mass is 228 g/mol. The van der Waals surface area contributed by atoms with Gasteiger partial charge in [0.2, 0.25) is 0 Å². The van der Waals surface area contributed by atoms with Gasteiger partial charge in [-0.25, -0.2) is 0 Å². The average Bonchev–Trinajstić information content (AvgIpc) is 2.22. The third-order valence-electron chi connectivity index (χ3n) is 4.02. The van der Waals surface area contributed by atoms with Crippen molar-refractivity contribution in [3.05, 3.63) is 0 Å². The molecule has 0 saturated heterocycles. The van der Waals surface area contributed by atoms with E-state index in [1.165, 1.54) is 12.8 Å². The molecule has 0 heterocycles. The van der Waals surface area contributed by atoms with Crippen LogP contribution in [0.3, 0.4) is 0 Å². The molecule has 1 fully saturated rings. The highest BCUT2D eigenvalue weighted by molar-refractivity contribution is 5.71. The van der Waals surface area contributed by atoms with Crippen LogP contribution in [-0.2, 0) is 4.79 Å². The van der Waals surface area contributed by atoms with Crippen molar-refractivity contribution < 1.29 is 15.0 Å². The molecule has 1 aliphatic rings. The number of hydrogen-bond donors (Lipinski definition) is 2. The van der Waals surface area contributed by atoms with Crippen molar-refractivity contribution in [3.63, 3.8) is 0 Å². The predicted molar refractivity (Wildman–Crippen MR) is 63.2 cm³/mol. The maximum Gasteiger partial charge on any atom is 0.309 e. The number of aliphatic carboxylic acids is 1. The predicted octanol–water partition coefficient (Wildman–Crippen LogP) is 2.82. The summed E-state index contributed by atoms with van der Waals surface area (Å²) in [5.74, 6) is -0.745. The van der Waals surface area contributed by atoms with Crippen molar-refractivity contribution >= 4 is 5.97 Å². The molecule has 1 rings (SSSR count). The Morgan fingerprint density at radius 2 is 1.94 bits per heavy atom. The molecule has 0 bridgehead atoms. The van der Waals surface area contributed by atoms with Crippen LogP contribution in [0.15, 0.2) is 0 Å². The normalized spacial score (nSPS) is 32.3. The molecule has 1 unspecified atom stereocenters. The van der Waals surface area contributed by atoms with Gasteiger partial charge >= 0.3 is 5.97 Å². The average molecular weight is 228 g/mol. The number of carboxylic acid groups (broad SMARTS) is 1. The van der Waals surface area contributed by atoms with Crippen LogP contribution in [0.1, 0.15) is 58.8 Å². The highest BCUT2D eigenvalue weighted by atomic mass is 16.4. The third-order valence-corrected chi connectivity index (χ3v) is 4.02. The molecule has 0 aliphatic heterocycles. The van der Waals surface area contributed by atoms with Crippen molar-refractivity contribution in [1.82, 2.24) is 0 Å². The molecule has 2 N–H and O–H groups in total. The second kappa shape index (κ2) is 5.67. The molecule has 3 nitrogen and oxygen atoms in total. The topological polar surface area (TPSA) is 57.5 Å². The number of carboxylic acids is 1. The van der Waals surface area contributed by atoms with E-state index in [2.05, 4.69) is 6.92 Å². The maximum absolute atomic E-state index is 11.1. The van der Waals surface area contributed by atoms with E-state index in [0.29, 0.717) is 25.2 Å². The van der Waals surface area contributed by atoms with Gasteiger partial charge in [-0.05, 0) is 38.0 Å². The molecule has 0 radical (unpaired) electrons. The van der Waals surface area contributed by atoms with Crippen molar-refractivity contribution in [2.75, 3.05) is 0 Å². The van der Waals surface area contributed by atoms with Crippen LogP contribution in [0.25, 0.3) is 0 Å². The number of carbonyl (C=O) groups is 1. The van der Waals surface area contributed by atoms with Gasteiger partial charge in [0.25, 0.3) is 0 Å². The highest BCUT2D eigenvalue weighted by Gasteiger charge is 2.42. The van der Waals surface area contributed by atoms with Crippen LogP contribution in [-0.4, -0.2) is 21.8 Å². The smallest absolute Gasteiger partial charge is 0.309 e. The first-order chi connectivity index (χ1) is 7.53. The van der Waals surface area contributed by atoms with Crippen molar-refractivity contribution in [1.29, 1.82) is 0 Å². The summed E-state index contributed by atoms with van der Waals surface area (Å²) >= 11 is 0. The van der Waals surface area contributed by atoms with Crippen LogP contribution in [0.5, 0.6) is 0 Å². The Kier molecular flexibility index (Phi) is 4.78. The molecule has 1 atom stereocenters. The molecule has 0 aromatic rings. The Morgan fingerprint density at radius 3 is 2.31 bits per heavy atom. The largest absolute Gasteiger partial charge is 0.481 e. The van der Waals surface area contributed by atoms with Crippen LogP contribution in [0.2, 0.25) is 0 Å². The minimum atomic E-state index is -0.954. The van der Waals surface area contributed by atoms with Gasteiger partial charge in [0.05, 0.1) is 11.5 Å². The Bertz CT molecular complexity index is 229. The van der Waals surface area contributed by atoms with Crippen molar-refractivity contribution in [3.8, 4) is 0 Å². The zero-order valence-corrected chi connectivity index (χ0v) is 10.4. The van der Waals surface area contributed by atoms with Gasteiger partial charge in [-0.1, -0.05) is 26.7 Å². The van der Waals surface area contributed by atoms with Crippen molar-refractivity contribution in [2.24, 2.45) is 11.8 Å². The summed E-state index contributed by atoms with van der Waals surface area (Å²) < 4.78 is 0. The van der Waals surface area contributed by atoms with Gasteiger partial charge in [-0.3, -0.25) is 4.79 Å². The SMILES string of the molecule is CCCC1CCC(O)(C(CC)C(=O)O)CC1. The zero-order chi connectivity index (χ0) is 12.2. The molecule has 1 saturated carbocycles. The van der Waals surface area contributed by atoms with Crippen LogP contribution in [0, 0.1) is 11.8 Å². The Balaban J connectivity index is 2.57. The molecule has 0 spiro atoms. The fourth-order valence-corrected chi connectivity index (χ4v) is 3.01. The maximum atomic E-state index is 11.1. The van der Waals surface area contributed by atoms with Crippen LogP contribution >= 0.6 is 0 Å². The quantitative estimate of drug-likeness (QED) is 0.760. The minimum Gasteiger partial charge on any atom is -0.481 e. The van der Waals surface area contributed by atoms with E-state index in [-0.39, 0.29) is 0 Å². The van der Waals surface area contributed by atoms with Crippen LogP contribution < -0.4 is 0 Å². The molecule has 0 aromatic heterocycles. The molecule has 94 valence electrons. The fourth-order valence-electron chi connectivity index (χ4n) is 3.01. The summed E-state index contributed by atoms with van der Waals surface area (Å²) in [5, 5.41) is 19.5. The third kappa shape index (κ3) is 2.97. The first-order valence-electron chi connectivity index (χ1n) is 6.48.